The van der Waals surface area contributed by atoms with Crippen LogP contribution >= 0.6 is 12.4 Å². The zero-order chi connectivity index (χ0) is 13.0. The second-order valence-electron chi connectivity index (χ2n) is 3.63. The average Bonchev–Trinajstić information content (AvgIpc) is 2.40. The molecular weight excluding hydrogens is 266 g/mol. The zero-order valence-electron chi connectivity index (χ0n) is 9.87. The fourth-order valence-corrected chi connectivity index (χ4v) is 1.42. The first-order valence-electron chi connectivity index (χ1n) is 5.28. The molecule has 19 heavy (non-hydrogen) atoms. The molecule has 0 saturated heterocycles. The highest BCUT2D eigenvalue weighted by molar-refractivity contribution is 6.04. The molecule has 0 aliphatic rings. The van der Waals surface area contributed by atoms with Gasteiger partial charge in [0.25, 0.3) is 5.91 Å². The Morgan fingerprint density at radius 3 is 2.05 bits per heavy atom. The van der Waals surface area contributed by atoms with Crippen LogP contribution in [0.2, 0.25) is 0 Å². The second kappa shape index (κ2) is 6.51. The zero-order valence-corrected chi connectivity index (χ0v) is 10.7. The van der Waals surface area contributed by atoms with Gasteiger partial charge in [-0.25, -0.2) is 0 Å². The quantitative estimate of drug-likeness (QED) is 0.898. The number of carbonyl (C=O) groups excluding carboxylic acids is 2. The molecule has 0 unspecified atom stereocenters. The predicted octanol–water partition coefficient (Wildman–Crippen LogP) is 1.85. The summed E-state index contributed by atoms with van der Waals surface area (Å²) in [6, 6.07) is 9.60. The first-order chi connectivity index (χ1) is 8.66. The third kappa shape index (κ3) is 3.79. The van der Waals surface area contributed by atoms with E-state index in [9.17, 15) is 9.59 Å². The molecule has 2 amide bonds. The summed E-state index contributed by atoms with van der Waals surface area (Å²) in [7, 11) is 0. The first-order valence-corrected chi connectivity index (χ1v) is 5.28. The van der Waals surface area contributed by atoms with E-state index in [1.165, 1.54) is 0 Å². The highest BCUT2D eigenvalue weighted by Gasteiger charge is 2.05. The van der Waals surface area contributed by atoms with Crippen LogP contribution < -0.4 is 11.1 Å². The Morgan fingerprint density at radius 2 is 1.53 bits per heavy atom. The number of halogens is 1. The Kier molecular flexibility index (Phi) is 5.02. The lowest BCUT2D eigenvalue weighted by Crippen LogP contribution is -2.13. The van der Waals surface area contributed by atoms with Gasteiger partial charge in [-0.05, 0) is 36.4 Å². The van der Waals surface area contributed by atoms with E-state index >= 15 is 0 Å². The van der Waals surface area contributed by atoms with Crippen LogP contribution in [0.25, 0.3) is 0 Å². The van der Waals surface area contributed by atoms with Crippen molar-refractivity contribution in [1.82, 2.24) is 4.98 Å². The van der Waals surface area contributed by atoms with Gasteiger partial charge in [-0.15, -0.1) is 12.4 Å². The van der Waals surface area contributed by atoms with Crippen molar-refractivity contribution in [1.29, 1.82) is 0 Å². The van der Waals surface area contributed by atoms with Crippen LogP contribution in [0, 0.1) is 0 Å². The summed E-state index contributed by atoms with van der Waals surface area (Å²) in [5.74, 6) is -0.730. The van der Waals surface area contributed by atoms with Gasteiger partial charge in [-0.3, -0.25) is 14.6 Å². The van der Waals surface area contributed by atoms with E-state index in [0.717, 1.165) is 0 Å². The van der Waals surface area contributed by atoms with Gasteiger partial charge in [0.1, 0.15) is 0 Å². The van der Waals surface area contributed by atoms with Crippen molar-refractivity contribution in [2.75, 3.05) is 5.32 Å². The largest absolute Gasteiger partial charge is 0.366 e. The molecule has 0 bridgehead atoms. The minimum atomic E-state index is -0.498. The maximum atomic E-state index is 11.8. The molecule has 0 fully saturated rings. The SMILES string of the molecule is Cl.NC(=O)c1ccc(NC(=O)c2ccncc2)cc1. The molecule has 0 spiro atoms. The van der Waals surface area contributed by atoms with Crippen molar-refractivity contribution >= 4 is 29.9 Å². The molecule has 0 aliphatic heterocycles. The van der Waals surface area contributed by atoms with Crippen LogP contribution in [0.4, 0.5) is 5.69 Å². The Bertz CT molecular complexity index is 570. The number of hydrogen-bond donors (Lipinski definition) is 2. The minimum absolute atomic E-state index is 0. The number of primary amides is 1. The van der Waals surface area contributed by atoms with E-state index < -0.39 is 5.91 Å². The lowest BCUT2D eigenvalue weighted by atomic mass is 10.2. The summed E-state index contributed by atoms with van der Waals surface area (Å²) in [5, 5.41) is 2.71. The van der Waals surface area contributed by atoms with Crippen LogP contribution in [0.15, 0.2) is 48.8 Å². The molecular formula is C13H12ClN3O2. The van der Waals surface area contributed by atoms with Gasteiger partial charge in [0.05, 0.1) is 0 Å². The van der Waals surface area contributed by atoms with Crippen molar-refractivity contribution < 1.29 is 9.59 Å². The van der Waals surface area contributed by atoms with E-state index in [4.69, 9.17) is 5.73 Å². The van der Waals surface area contributed by atoms with Crippen LogP contribution in [0.1, 0.15) is 20.7 Å². The molecule has 0 saturated carbocycles. The first kappa shape index (κ1) is 14.7. The van der Waals surface area contributed by atoms with Gasteiger partial charge in [-0.2, -0.15) is 0 Å². The van der Waals surface area contributed by atoms with Crippen LogP contribution in [0.5, 0.6) is 0 Å². The number of amides is 2. The maximum absolute atomic E-state index is 11.8. The van der Waals surface area contributed by atoms with Gasteiger partial charge in [-0.1, -0.05) is 0 Å². The molecule has 1 aromatic heterocycles. The lowest BCUT2D eigenvalue weighted by Gasteiger charge is -2.05. The molecule has 0 aliphatic carbocycles. The third-order valence-corrected chi connectivity index (χ3v) is 2.37. The summed E-state index contributed by atoms with van der Waals surface area (Å²) in [6.45, 7) is 0. The highest BCUT2D eigenvalue weighted by Crippen LogP contribution is 2.10. The minimum Gasteiger partial charge on any atom is -0.366 e. The average molecular weight is 278 g/mol. The normalized spacial score (nSPS) is 9.26. The third-order valence-electron chi connectivity index (χ3n) is 2.37. The number of benzene rings is 1. The smallest absolute Gasteiger partial charge is 0.255 e. The Hall–Kier alpha value is -2.40. The number of aromatic nitrogens is 1. The number of nitrogens with one attached hydrogen (secondary N) is 1. The number of nitrogens with zero attached hydrogens (tertiary/aromatic N) is 1. The van der Waals surface area contributed by atoms with E-state index in [1.807, 2.05) is 0 Å². The fourth-order valence-electron chi connectivity index (χ4n) is 1.42. The predicted molar refractivity (Wildman–Crippen MR) is 74.4 cm³/mol. The summed E-state index contributed by atoms with van der Waals surface area (Å²) in [5.41, 5.74) is 6.64. The summed E-state index contributed by atoms with van der Waals surface area (Å²) >= 11 is 0. The molecule has 1 heterocycles. The standard InChI is InChI=1S/C13H11N3O2.ClH/c14-12(17)9-1-3-11(4-2-9)16-13(18)10-5-7-15-8-6-10;/h1-8H,(H2,14,17)(H,16,18);1H. The van der Waals surface area contributed by atoms with Crippen LogP contribution in [-0.2, 0) is 0 Å². The fraction of sp³-hybridized carbons (Fsp3) is 0. The molecule has 0 radical (unpaired) electrons. The van der Waals surface area contributed by atoms with Gasteiger partial charge in [0.2, 0.25) is 5.91 Å². The molecule has 1 aromatic carbocycles. The number of rotatable bonds is 3. The Morgan fingerprint density at radius 1 is 0.947 bits per heavy atom. The molecule has 2 aromatic rings. The van der Waals surface area contributed by atoms with E-state index in [-0.39, 0.29) is 18.3 Å². The molecule has 0 atom stereocenters. The van der Waals surface area contributed by atoms with E-state index in [2.05, 4.69) is 10.3 Å². The van der Waals surface area contributed by atoms with Gasteiger partial charge in [0, 0.05) is 29.2 Å². The Balaban J connectivity index is 0.00000180. The summed E-state index contributed by atoms with van der Waals surface area (Å²) in [6.07, 6.45) is 3.09. The number of hydrogen-bond acceptors (Lipinski definition) is 3. The van der Waals surface area contributed by atoms with Crippen molar-refractivity contribution in [3.63, 3.8) is 0 Å². The lowest BCUT2D eigenvalue weighted by molar-refractivity contribution is 0.0998. The molecule has 3 N–H and O–H groups in total. The number of nitrogens with two attached hydrogens (primary N) is 1. The number of carbonyl (C=O) groups is 2. The van der Waals surface area contributed by atoms with Crippen molar-refractivity contribution in [2.24, 2.45) is 5.73 Å². The number of pyridine rings is 1. The van der Waals surface area contributed by atoms with Gasteiger partial charge < -0.3 is 11.1 Å². The van der Waals surface area contributed by atoms with Gasteiger partial charge >= 0.3 is 0 Å². The molecule has 5 nitrogen and oxygen atoms in total. The Labute approximate surface area is 116 Å². The topological polar surface area (TPSA) is 85.1 Å². The molecule has 2 rings (SSSR count). The molecule has 98 valence electrons. The summed E-state index contributed by atoms with van der Waals surface area (Å²) < 4.78 is 0. The molecule has 6 heteroatoms. The monoisotopic (exact) mass is 277 g/mol. The maximum Gasteiger partial charge on any atom is 0.255 e. The van der Waals surface area contributed by atoms with Crippen LogP contribution in [0.3, 0.4) is 0 Å². The van der Waals surface area contributed by atoms with Crippen molar-refractivity contribution in [2.45, 2.75) is 0 Å². The van der Waals surface area contributed by atoms with E-state index in [1.54, 1.807) is 48.8 Å². The second-order valence-corrected chi connectivity index (χ2v) is 3.63. The van der Waals surface area contributed by atoms with E-state index in [0.29, 0.717) is 16.8 Å². The summed E-state index contributed by atoms with van der Waals surface area (Å²) in [4.78, 5) is 26.5. The highest BCUT2D eigenvalue weighted by atomic mass is 35.5. The van der Waals surface area contributed by atoms with Crippen LogP contribution in [-0.4, -0.2) is 16.8 Å². The van der Waals surface area contributed by atoms with Crippen molar-refractivity contribution in [3.8, 4) is 0 Å². The van der Waals surface area contributed by atoms with Crippen molar-refractivity contribution in [3.05, 3.63) is 59.9 Å². The number of anilines is 1. The van der Waals surface area contributed by atoms with Gasteiger partial charge in [0.15, 0.2) is 0 Å².